The van der Waals surface area contributed by atoms with Crippen LogP contribution in [-0.4, -0.2) is 26.0 Å². The SMILES string of the molecule is CCC(=O)c1cc(NC(=O)Nc2ccc(OC)c(OC)c2)ccc1OCc1ccc(C)cc1. The highest BCUT2D eigenvalue weighted by Gasteiger charge is 2.14. The molecule has 172 valence electrons. The summed E-state index contributed by atoms with van der Waals surface area (Å²) in [4.78, 5) is 25.0. The molecule has 0 aliphatic carbocycles. The minimum atomic E-state index is -0.453. The van der Waals surface area contributed by atoms with E-state index in [4.69, 9.17) is 14.2 Å². The van der Waals surface area contributed by atoms with Gasteiger partial charge in [0.15, 0.2) is 17.3 Å². The van der Waals surface area contributed by atoms with Gasteiger partial charge in [0.05, 0.1) is 19.8 Å². The van der Waals surface area contributed by atoms with Crippen molar-refractivity contribution < 1.29 is 23.8 Å². The summed E-state index contributed by atoms with van der Waals surface area (Å²) in [5.41, 5.74) is 3.61. The lowest BCUT2D eigenvalue weighted by Crippen LogP contribution is -2.19. The molecule has 0 atom stereocenters. The van der Waals surface area contributed by atoms with Crippen LogP contribution in [0.3, 0.4) is 0 Å². The Labute approximate surface area is 193 Å². The molecule has 2 amide bonds. The molecule has 0 saturated heterocycles. The van der Waals surface area contributed by atoms with Crippen LogP contribution in [-0.2, 0) is 6.61 Å². The summed E-state index contributed by atoms with van der Waals surface area (Å²) in [6.45, 7) is 4.16. The van der Waals surface area contributed by atoms with Crippen molar-refractivity contribution in [3.8, 4) is 17.2 Å². The zero-order chi connectivity index (χ0) is 23.8. The van der Waals surface area contributed by atoms with Crippen LogP contribution in [0.5, 0.6) is 17.2 Å². The summed E-state index contributed by atoms with van der Waals surface area (Å²) < 4.78 is 16.4. The Bertz CT molecular complexity index is 1130. The fourth-order valence-corrected chi connectivity index (χ4v) is 3.19. The van der Waals surface area contributed by atoms with E-state index in [1.165, 1.54) is 12.7 Å². The number of aryl methyl sites for hydroxylation is 1. The predicted octanol–water partition coefficient (Wildman–Crippen LogP) is 5.83. The Morgan fingerprint density at radius 2 is 1.39 bits per heavy atom. The fraction of sp³-hybridized carbons (Fsp3) is 0.231. The summed E-state index contributed by atoms with van der Waals surface area (Å²) in [7, 11) is 3.07. The number of urea groups is 1. The molecule has 3 aromatic carbocycles. The molecule has 0 fully saturated rings. The molecule has 3 rings (SSSR count). The zero-order valence-electron chi connectivity index (χ0n) is 19.2. The fourth-order valence-electron chi connectivity index (χ4n) is 3.19. The summed E-state index contributed by atoms with van der Waals surface area (Å²) in [6, 6.07) is 17.6. The lowest BCUT2D eigenvalue weighted by Gasteiger charge is -2.14. The van der Waals surface area contributed by atoms with Gasteiger partial charge in [-0.2, -0.15) is 0 Å². The maximum Gasteiger partial charge on any atom is 0.323 e. The van der Waals surface area contributed by atoms with Gasteiger partial charge in [0.2, 0.25) is 0 Å². The highest BCUT2D eigenvalue weighted by Crippen LogP contribution is 2.30. The highest BCUT2D eigenvalue weighted by atomic mass is 16.5. The molecule has 0 saturated carbocycles. The minimum absolute atomic E-state index is 0.0714. The molecule has 0 aliphatic rings. The number of carbonyl (C=O) groups excluding carboxylic acids is 2. The number of nitrogens with one attached hydrogen (secondary N) is 2. The number of Topliss-reactive ketones (excluding diaryl/α,β-unsaturated/α-hetero) is 1. The van der Waals surface area contributed by atoms with Gasteiger partial charge in [-0.3, -0.25) is 4.79 Å². The van der Waals surface area contributed by atoms with E-state index in [1.807, 2.05) is 31.2 Å². The second-order valence-corrected chi connectivity index (χ2v) is 7.41. The van der Waals surface area contributed by atoms with Crippen LogP contribution in [0.1, 0.15) is 34.8 Å². The second kappa shape index (κ2) is 11.0. The molecular formula is C26H28N2O5. The van der Waals surface area contributed by atoms with Crippen molar-refractivity contribution in [3.05, 3.63) is 77.4 Å². The van der Waals surface area contributed by atoms with Crippen molar-refractivity contribution in [2.24, 2.45) is 0 Å². The second-order valence-electron chi connectivity index (χ2n) is 7.41. The molecule has 0 aromatic heterocycles. The Kier molecular flexibility index (Phi) is 7.91. The minimum Gasteiger partial charge on any atom is -0.493 e. The zero-order valence-corrected chi connectivity index (χ0v) is 19.2. The van der Waals surface area contributed by atoms with Gasteiger partial charge in [-0.15, -0.1) is 0 Å². The lowest BCUT2D eigenvalue weighted by atomic mass is 10.1. The largest absolute Gasteiger partial charge is 0.493 e. The average Bonchev–Trinajstić information content (AvgIpc) is 2.83. The molecule has 0 bridgehead atoms. The topological polar surface area (TPSA) is 85.9 Å². The molecule has 0 heterocycles. The van der Waals surface area contributed by atoms with Crippen LogP contribution in [0, 0.1) is 6.92 Å². The van der Waals surface area contributed by atoms with E-state index in [-0.39, 0.29) is 5.78 Å². The van der Waals surface area contributed by atoms with Crippen molar-refractivity contribution in [2.45, 2.75) is 26.9 Å². The third-order valence-corrected chi connectivity index (χ3v) is 5.02. The number of anilines is 2. The summed E-state index contributed by atoms with van der Waals surface area (Å²) in [5.74, 6) is 1.47. The van der Waals surface area contributed by atoms with Gasteiger partial charge in [-0.05, 0) is 42.8 Å². The lowest BCUT2D eigenvalue weighted by molar-refractivity contribution is 0.0983. The van der Waals surface area contributed by atoms with E-state index in [1.54, 1.807) is 50.4 Å². The number of ketones is 1. The van der Waals surface area contributed by atoms with E-state index < -0.39 is 6.03 Å². The first-order chi connectivity index (χ1) is 15.9. The Hall–Kier alpha value is -4.00. The van der Waals surface area contributed by atoms with Crippen LogP contribution in [0.15, 0.2) is 60.7 Å². The molecule has 0 aliphatic heterocycles. The first-order valence-corrected chi connectivity index (χ1v) is 10.6. The van der Waals surface area contributed by atoms with E-state index in [9.17, 15) is 9.59 Å². The van der Waals surface area contributed by atoms with Gasteiger partial charge < -0.3 is 24.8 Å². The third-order valence-electron chi connectivity index (χ3n) is 5.02. The normalized spacial score (nSPS) is 10.3. The molecule has 2 N–H and O–H groups in total. The highest BCUT2D eigenvalue weighted by molar-refractivity contribution is 6.03. The van der Waals surface area contributed by atoms with Gasteiger partial charge in [0.25, 0.3) is 0 Å². The molecule has 7 heteroatoms. The van der Waals surface area contributed by atoms with Gasteiger partial charge in [-0.1, -0.05) is 36.8 Å². The molecule has 3 aromatic rings. The van der Waals surface area contributed by atoms with Crippen LogP contribution >= 0.6 is 0 Å². The first-order valence-electron chi connectivity index (χ1n) is 10.6. The van der Waals surface area contributed by atoms with Crippen LogP contribution in [0.4, 0.5) is 16.2 Å². The van der Waals surface area contributed by atoms with Crippen molar-refractivity contribution in [2.75, 3.05) is 24.9 Å². The summed E-state index contributed by atoms with van der Waals surface area (Å²) in [6.07, 6.45) is 0.322. The first kappa shape index (κ1) is 23.7. The molecule has 33 heavy (non-hydrogen) atoms. The van der Waals surface area contributed by atoms with Gasteiger partial charge in [0, 0.05) is 23.9 Å². The number of methoxy groups -OCH3 is 2. The van der Waals surface area contributed by atoms with E-state index >= 15 is 0 Å². The number of rotatable bonds is 9. The molecule has 0 unspecified atom stereocenters. The number of carbonyl (C=O) groups is 2. The van der Waals surface area contributed by atoms with Gasteiger partial charge >= 0.3 is 6.03 Å². The standard InChI is InChI=1S/C26H28N2O5/c1-5-22(29)21-14-19(10-12-23(21)33-16-18-8-6-17(2)7-9-18)27-26(30)28-20-11-13-24(31-3)25(15-20)32-4/h6-15H,5,16H2,1-4H3,(H2,27,28,30). The van der Waals surface area contributed by atoms with E-state index in [0.717, 1.165) is 5.56 Å². The number of benzene rings is 3. The van der Waals surface area contributed by atoms with Crippen LogP contribution in [0.25, 0.3) is 0 Å². The number of amides is 2. The molecule has 7 nitrogen and oxygen atoms in total. The number of hydrogen-bond acceptors (Lipinski definition) is 5. The molecule has 0 spiro atoms. The van der Waals surface area contributed by atoms with Crippen molar-refractivity contribution in [1.82, 2.24) is 0 Å². The van der Waals surface area contributed by atoms with Gasteiger partial charge in [-0.25, -0.2) is 4.79 Å². The van der Waals surface area contributed by atoms with Crippen molar-refractivity contribution in [1.29, 1.82) is 0 Å². The Morgan fingerprint density at radius 1 is 0.788 bits per heavy atom. The third kappa shape index (κ3) is 6.26. The van der Waals surface area contributed by atoms with Crippen molar-refractivity contribution in [3.63, 3.8) is 0 Å². The smallest absolute Gasteiger partial charge is 0.323 e. The van der Waals surface area contributed by atoms with Crippen LogP contribution in [0.2, 0.25) is 0 Å². The monoisotopic (exact) mass is 448 g/mol. The van der Waals surface area contributed by atoms with E-state index in [2.05, 4.69) is 10.6 Å². The quantitative estimate of drug-likeness (QED) is 0.402. The van der Waals surface area contributed by atoms with Crippen LogP contribution < -0.4 is 24.8 Å². The average molecular weight is 449 g/mol. The summed E-state index contributed by atoms with van der Waals surface area (Å²) >= 11 is 0. The van der Waals surface area contributed by atoms with E-state index in [0.29, 0.717) is 47.2 Å². The Morgan fingerprint density at radius 3 is 2.00 bits per heavy atom. The predicted molar refractivity (Wildman–Crippen MR) is 129 cm³/mol. The molecular weight excluding hydrogens is 420 g/mol. The van der Waals surface area contributed by atoms with Crippen molar-refractivity contribution >= 4 is 23.2 Å². The maximum atomic E-state index is 12.5. The summed E-state index contributed by atoms with van der Waals surface area (Å²) in [5, 5.41) is 5.50. The van der Waals surface area contributed by atoms with Gasteiger partial charge in [0.1, 0.15) is 12.4 Å². The maximum absolute atomic E-state index is 12.5. The number of hydrogen-bond donors (Lipinski definition) is 2. The molecule has 0 radical (unpaired) electrons. The Balaban J connectivity index is 1.71. The number of ether oxygens (including phenoxy) is 3.